The molecular formula is C24H15F2N5O2. The van der Waals surface area contributed by atoms with Crippen molar-refractivity contribution in [3.05, 3.63) is 106 Å². The molecule has 0 aliphatic heterocycles. The Bertz CT molecular complexity index is 1410. The lowest BCUT2D eigenvalue weighted by molar-refractivity contribution is 0.467. The Hall–Kier alpha value is -4.84. The first-order chi connectivity index (χ1) is 16.0. The number of benzene rings is 3. The second kappa shape index (κ2) is 9.53. The predicted octanol–water partition coefficient (Wildman–Crippen LogP) is 4.83. The average molecular weight is 443 g/mol. The lowest BCUT2D eigenvalue weighted by atomic mass is 10.1. The minimum Gasteiger partial charge on any atom is -0.456 e. The number of hydrazone groups is 1. The second-order valence-corrected chi connectivity index (χ2v) is 6.73. The molecule has 0 aliphatic carbocycles. The van der Waals surface area contributed by atoms with Gasteiger partial charge in [-0.25, -0.2) is 19.2 Å². The van der Waals surface area contributed by atoms with Crippen molar-refractivity contribution in [1.82, 2.24) is 9.97 Å². The van der Waals surface area contributed by atoms with Crippen LogP contribution in [0.5, 0.6) is 11.5 Å². The van der Waals surface area contributed by atoms with Gasteiger partial charge in [0.2, 0.25) is 5.95 Å². The highest BCUT2D eigenvalue weighted by Gasteiger charge is 2.13. The van der Waals surface area contributed by atoms with Crippen LogP contribution in [0.1, 0.15) is 11.1 Å². The van der Waals surface area contributed by atoms with Crippen molar-refractivity contribution in [2.24, 2.45) is 5.10 Å². The van der Waals surface area contributed by atoms with E-state index in [9.17, 15) is 18.8 Å². The number of hydrogen-bond acceptors (Lipinski definition) is 6. The summed E-state index contributed by atoms with van der Waals surface area (Å²) in [6.45, 7) is 0. The van der Waals surface area contributed by atoms with E-state index in [-0.39, 0.29) is 23.0 Å². The molecule has 0 atom stereocenters. The number of ether oxygens (including phenoxy) is 1. The van der Waals surface area contributed by atoms with Gasteiger partial charge in [-0.3, -0.25) is 9.78 Å². The molecule has 0 saturated heterocycles. The van der Waals surface area contributed by atoms with Gasteiger partial charge >= 0.3 is 0 Å². The van der Waals surface area contributed by atoms with Crippen LogP contribution in [0.15, 0.2) is 82.7 Å². The maximum Gasteiger partial charge on any atom is 0.270 e. The van der Waals surface area contributed by atoms with Crippen molar-refractivity contribution >= 4 is 12.2 Å². The van der Waals surface area contributed by atoms with E-state index in [0.717, 1.165) is 18.2 Å². The van der Waals surface area contributed by atoms with Gasteiger partial charge in [-0.2, -0.15) is 10.4 Å². The van der Waals surface area contributed by atoms with E-state index in [1.807, 2.05) is 12.1 Å². The second-order valence-electron chi connectivity index (χ2n) is 6.73. The zero-order valence-corrected chi connectivity index (χ0v) is 16.9. The number of halogens is 2. The summed E-state index contributed by atoms with van der Waals surface area (Å²) in [7, 11) is 0. The highest BCUT2D eigenvalue weighted by Crippen LogP contribution is 2.26. The zero-order chi connectivity index (χ0) is 23.2. The molecule has 7 nitrogen and oxygen atoms in total. The molecule has 0 radical (unpaired) electrons. The molecule has 0 amide bonds. The fourth-order valence-electron chi connectivity index (χ4n) is 2.99. The summed E-state index contributed by atoms with van der Waals surface area (Å²) < 4.78 is 32.5. The molecule has 0 unspecified atom stereocenters. The van der Waals surface area contributed by atoms with Gasteiger partial charge in [-0.1, -0.05) is 42.5 Å². The molecule has 0 bridgehead atoms. The summed E-state index contributed by atoms with van der Waals surface area (Å²) in [6.07, 6.45) is 1.39. The molecule has 3 aromatic carbocycles. The van der Waals surface area contributed by atoms with Crippen LogP contribution < -0.4 is 15.7 Å². The van der Waals surface area contributed by atoms with Crippen LogP contribution in [0.25, 0.3) is 11.3 Å². The number of nitrogens with one attached hydrogen (secondary N) is 2. The summed E-state index contributed by atoms with van der Waals surface area (Å²) in [4.78, 5) is 19.1. The van der Waals surface area contributed by atoms with Crippen LogP contribution in [0.3, 0.4) is 0 Å². The Balaban J connectivity index is 1.59. The fourth-order valence-corrected chi connectivity index (χ4v) is 2.99. The number of rotatable bonds is 6. The summed E-state index contributed by atoms with van der Waals surface area (Å²) >= 11 is 0. The Kier molecular flexibility index (Phi) is 6.18. The van der Waals surface area contributed by atoms with Crippen LogP contribution in [0.2, 0.25) is 0 Å². The third-order valence-electron chi connectivity index (χ3n) is 4.44. The Morgan fingerprint density at radius 2 is 1.73 bits per heavy atom. The molecule has 0 fully saturated rings. The normalized spacial score (nSPS) is 10.7. The molecule has 0 aliphatic rings. The van der Waals surface area contributed by atoms with Crippen molar-refractivity contribution in [3.63, 3.8) is 0 Å². The van der Waals surface area contributed by atoms with E-state index in [1.54, 1.807) is 48.5 Å². The predicted molar refractivity (Wildman–Crippen MR) is 119 cm³/mol. The highest BCUT2D eigenvalue weighted by molar-refractivity contribution is 5.84. The molecule has 0 saturated carbocycles. The summed E-state index contributed by atoms with van der Waals surface area (Å²) in [5.41, 5.74) is 3.22. The standard InChI is InChI=1S/C24H15F2N5O2/c25-17-10-18(26)12-19(11-17)33-21-9-5-4-8-16(21)14-28-31-24-29-22(15-6-2-1-3-7-15)20(13-27)23(32)30-24/h1-12,14H,(H2,29,30,31,32). The van der Waals surface area contributed by atoms with Crippen molar-refractivity contribution in [3.8, 4) is 28.8 Å². The minimum absolute atomic E-state index is 0.00750. The van der Waals surface area contributed by atoms with Gasteiger partial charge in [0, 0.05) is 29.3 Å². The first-order valence-electron chi connectivity index (χ1n) is 9.65. The van der Waals surface area contributed by atoms with E-state index in [2.05, 4.69) is 20.5 Å². The lowest BCUT2D eigenvalue weighted by Crippen LogP contribution is -2.16. The zero-order valence-electron chi connectivity index (χ0n) is 16.9. The molecule has 4 rings (SSSR count). The van der Waals surface area contributed by atoms with Crippen molar-refractivity contribution < 1.29 is 13.5 Å². The highest BCUT2D eigenvalue weighted by atomic mass is 19.1. The molecule has 9 heteroatoms. The van der Waals surface area contributed by atoms with Gasteiger partial charge in [0.05, 0.1) is 11.9 Å². The lowest BCUT2D eigenvalue weighted by Gasteiger charge is -2.09. The van der Waals surface area contributed by atoms with Crippen molar-refractivity contribution in [2.75, 3.05) is 5.43 Å². The third kappa shape index (κ3) is 5.08. The molecule has 33 heavy (non-hydrogen) atoms. The van der Waals surface area contributed by atoms with E-state index >= 15 is 0 Å². The maximum absolute atomic E-state index is 13.5. The van der Waals surface area contributed by atoms with Gasteiger partial charge in [-0.05, 0) is 12.1 Å². The smallest absolute Gasteiger partial charge is 0.270 e. The van der Waals surface area contributed by atoms with Gasteiger partial charge < -0.3 is 4.74 Å². The molecule has 0 spiro atoms. The van der Waals surface area contributed by atoms with Crippen molar-refractivity contribution in [2.45, 2.75) is 0 Å². The molecule has 1 aromatic heterocycles. The first-order valence-corrected chi connectivity index (χ1v) is 9.65. The van der Waals surface area contributed by atoms with Crippen LogP contribution >= 0.6 is 0 Å². The molecule has 4 aromatic rings. The molecule has 1 heterocycles. The van der Waals surface area contributed by atoms with Crippen LogP contribution in [-0.4, -0.2) is 16.2 Å². The van der Waals surface area contributed by atoms with Crippen LogP contribution in [-0.2, 0) is 0 Å². The van der Waals surface area contributed by atoms with Gasteiger partial charge in [0.1, 0.15) is 34.8 Å². The maximum atomic E-state index is 13.5. The van der Waals surface area contributed by atoms with Crippen LogP contribution in [0.4, 0.5) is 14.7 Å². The van der Waals surface area contributed by atoms with Crippen molar-refractivity contribution in [1.29, 1.82) is 5.26 Å². The van der Waals surface area contributed by atoms with E-state index in [4.69, 9.17) is 4.74 Å². The largest absolute Gasteiger partial charge is 0.456 e. The Morgan fingerprint density at radius 3 is 2.45 bits per heavy atom. The quantitative estimate of drug-likeness (QED) is 0.328. The minimum atomic E-state index is -0.761. The van der Waals surface area contributed by atoms with Gasteiger partial charge in [0.25, 0.3) is 5.56 Å². The fraction of sp³-hybridized carbons (Fsp3) is 0. The summed E-state index contributed by atoms with van der Waals surface area (Å²) in [6, 6.07) is 20.3. The number of hydrogen-bond donors (Lipinski definition) is 2. The molecule has 162 valence electrons. The van der Waals surface area contributed by atoms with Gasteiger partial charge in [-0.15, -0.1) is 0 Å². The number of nitrogens with zero attached hydrogens (tertiary/aromatic N) is 3. The van der Waals surface area contributed by atoms with E-state index in [1.165, 1.54) is 6.21 Å². The molecule has 2 N–H and O–H groups in total. The number of aromatic amines is 1. The summed E-state index contributed by atoms with van der Waals surface area (Å²) in [5, 5.41) is 13.4. The number of anilines is 1. The molecular weight excluding hydrogens is 428 g/mol. The monoisotopic (exact) mass is 443 g/mol. The topological polar surface area (TPSA) is 103 Å². The van der Waals surface area contributed by atoms with E-state index < -0.39 is 17.2 Å². The third-order valence-corrected chi connectivity index (χ3v) is 4.44. The van der Waals surface area contributed by atoms with Gasteiger partial charge in [0.15, 0.2) is 0 Å². The Labute approximate surface area is 186 Å². The first kappa shape index (κ1) is 21.4. The number of H-pyrrole nitrogens is 1. The van der Waals surface area contributed by atoms with Crippen LogP contribution in [0, 0.1) is 23.0 Å². The number of para-hydroxylation sites is 1. The summed E-state index contributed by atoms with van der Waals surface area (Å²) in [5.74, 6) is -1.20. The average Bonchev–Trinajstić information content (AvgIpc) is 2.80. The SMILES string of the molecule is N#Cc1c(-c2ccccc2)nc(NN=Cc2ccccc2Oc2cc(F)cc(F)c2)[nH]c1=O. The number of aromatic nitrogens is 2. The Morgan fingerprint density at radius 1 is 1.03 bits per heavy atom. The van der Waals surface area contributed by atoms with E-state index in [0.29, 0.717) is 16.9 Å². The number of nitriles is 1.